The number of amides is 1. The van der Waals surface area contributed by atoms with E-state index in [4.69, 9.17) is 4.74 Å². The Kier molecular flexibility index (Phi) is 5.87. The van der Waals surface area contributed by atoms with Crippen molar-refractivity contribution in [1.82, 2.24) is 9.71 Å². The zero-order valence-electron chi connectivity index (χ0n) is 18.9. The van der Waals surface area contributed by atoms with Gasteiger partial charge >= 0.3 is 0 Å². The largest absolute Gasteiger partial charge is 0.497 e. The van der Waals surface area contributed by atoms with Crippen LogP contribution < -0.4 is 9.46 Å². The first-order valence-electron chi connectivity index (χ1n) is 11.4. The highest BCUT2D eigenvalue weighted by Crippen LogP contribution is 2.32. The number of para-hydroxylation sites is 1. The molecule has 1 heterocycles. The molecule has 34 heavy (non-hydrogen) atoms. The average Bonchev–Trinajstić information content (AvgIpc) is 3.46. The topological polar surface area (TPSA) is 88.3 Å². The van der Waals surface area contributed by atoms with E-state index in [-0.39, 0.29) is 11.3 Å². The van der Waals surface area contributed by atoms with Crippen molar-refractivity contribution in [1.29, 1.82) is 0 Å². The highest BCUT2D eigenvalue weighted by Gasteiger charge is 2.21. The molecule has 0 bridgehead atoms. The number of aromatic nitrogens is 1. The van der Waals surface area contributed by atoms with Crippen molar-refractivity contribution in [3.8, 4) is 17.0 Å². The van der Waals surface area contributed by atoms with Crippen molar-refractivity contribution >= 4 is 26.8 Å². The second kappa shape index (κ2) is 8.99. The van der Waals surface area contributed by atoms with E-state index in [2.05, 4.69) is 9.71 Å². The van der Waals surface area contributed by atoms with Crippen LogP contribution in [0.2, 0.25) is 0 Å². The van der Waals surface area contributed by atoms with Gasteiger partial charge in [0.15, 0.2) is 0 Å². The fourth-order valence-electron chi connectivity index (χ4n) is 4.68. The first-order valence-corrected chi connectivity index (χ1v) is 12.8. The van der Waals surface area contributed by atoms with Gasteiger partial charge in [0.1, 0.15) is 5.75 Å². The minimum absolute atomic E-state index is 0.0508. The summed E-state index contributed by atoms with van der Waals surface area (Å²) in [5.41, 5.74) is 6.07. The number of carbonyl (C=O) groups excluding carboxylic acids is 1. The van der Waals surface area contributed by atoms with Crippen molar-refractivity contribution in [2.24, 2.45) is 0 Å². The molecule has 0 atom stereocenters. The third-order valence-electron chi connectivity index (χ3n) is 6.42. The number of rotatable bonds is 7. The Morgan fingerprint density at radius 1 is 1.00 bits per heavy atom. The molecule has 5 rings (SSSR count). The molecule has 4 aromatic rings. The van der Waals surface area contributed by atoms with Gasteiger partial charge in [0, 0.05) is 23.0 Å². The molecule has 1 aliphatic rings. The van der Waals surface area contributed by atoms with Crippen LogP contribution in [0.5, 0.6) is 5.75 Å². The summed E-state index contributed by atoms with van der Waals surface area (Å²) < 4.78 is 33.1. The number of H-pyrrole nitrogens is 1. The number of carbonyl (C=O) groups is 1. The Balaban J connectivity index is 1.36. The zero-order chi connectivity index (χ0) is 23.7. The molecule has 0 fully saturated rings. The zero-order valence-corrected chi connectivity index (χ0v) is 19.7. The Morgan fingerprint density at radius 3 is 2.56 bits per heavy atom. The summed E-state index contributed by atoms with van der Waals surface area (Å²) >= 11 is 0. The lowest BCUT2D eigenvalue weighted by Gasteiger charge is -2.10. The van der Waals surface area contributed by atoms with E-state index < -0.39 is 15.9 Å². The smallest absolute Gasteiger partial charge is 0.264 e. The lowest BCUT2D eigenvalue weighted by molar-refractivity contribution is -0.119. The van der Waals surface area contributed by atoms with E-state index >= 15 is 0 Å². The summed E-state index contributed by atoms with van der Waals surface area (Å²) in [7, 11) is -2.28. The third kappa shape index (κ3) is 4.31. The fraction of sp³-hybridized carbons (Fsp3) is 0.222. The standard InChI is InChI=1S/C27H26N2O4S/c1-33-21-12-9-19(10-13-21)27-24(23-7-2-3-8-25(23)28-27)15-16-26(30)29-34(31,32)22-14-11-18-5-4-6-20(18)17-22/h2-3,7-14,17,28H,4-6,15-16H2,1H3,(H,29,30). The van der Waals surface area contributed by atoms with Gasteiger partial charge < -0.3 is 9.72 Å². The van der Waals surface area contributed by atoms with E-state index in [0.717, 1.165) is 58.3 Å². The normalized spacial score (nSPS) is 13.1. The molecular formula is C27H26N2O4S. The number of hydrogen-bond acceptors (Lipinski definition) is 4. The number of hydrogen-bond donors (Lipinski definition) is 2. The Labute approximate surface area is 199 Å². The van der Waals surface area contributed by atoms with Crippen molar-refractivity contribution in [2.45, 2.75) is 37.0 Å². The molecule has 1 amide bonds. The summed E-state index contributed by atoms with van der Waals surface area (Å²) in [6.07, 6.45) is 3.34. The van der Waals surface area contributed by atoms with E-state index in [1.165, 1.54) is 5.56 Å². The second-order valence-electron chi connectivity index (χ2n) is 8.57. The molecule has 174 valence electrons. The quantitative estimate of drug-likeness (QED) is 0.404. The number of ether oxygens (including phenoxy) is 1. The Morgan fingerprint density at radius 2 is 1.76 bits per heavy atom. The monoisotopic (exact) mass is 474 g/mol. The molecule has 0 aliphatic heterocycles. The van der Waals surface area contributed by atoms with Crippen LogP contribution in [0.25, 0.3) is 22.2 Å². The van der Waals surface area contributed by atoms with Crippen LogP contribution >= 0.6 is 0 Å². The van der Waals surface area contributed by atoms with E-state index in [0.29, 0.717) is 6.42 Å². The first-order chi connectivity index (χ1) is 16.4. The minimum Gasteiger partial charge on any atom is -0.497 e. The van der Waals surface area contributed by atoms with Crippen molar-refractivity contribution in [2.75, 3.05) is 7.11 Å². The summed E-state index contributed by atoms with van der Waals surface area (Å²) in [6.45, 7) is 0. The number of nitrogens with one attached hydrogen (secondary N) is 2. The number of benzene rings is 3. The molecule has 0 saturated heterocycles. The van der Waals surface area contributed by atoms with Crippen molar-refractivity contribution < 1.29 is 17.9 Å². The molecule has 3 aromatic carbocycles. The molecule has 2 N–H and O–H groups in total. The predicted octanol–water partition coefficient (Wildman–Crippen LogP) is 4.77. The van der Waals surface area contributed by atoms with Crippen molar-refractivity contribution in [3.63, 3.8) is 0 Å². The average molecular weight is 475 g/mol. The first kappa shape index (κ1) is 22.2. The highest BCUT2D eigenvalue weighted by molar-refractivity contribution is 7.90. The van der Waals surface area contributed by atoms with Crippen LogP contribution in [-0.4, -0.2) is 26.4 Å². The van der Waals surface area contributed by atoms with Gasteiger partial charge in [0.05, 0.1) is 12.0 Å². The lowest BCUT2D eigenvalue weighted by Crippen LogP contribution is -2.30. The molecule has 1 aromatic heterocycles. The number of aromatic amines is 1. The second-order valence-corrected chi connectivity index (χ2v) is 10.2. The molecule has 6 nitrogen and oxygen atoms in total. The summed E-state index contributed by atoms with van der Waals surface area (Å²) in [4.78, 5) is 16.3. The number of methoxy groups -OCH3 is 1. The highest BCUT2D eigenvalue weighted by atomic mass is 32.2. The molecular weight excluding hydrogens is 448 g/mol. The molecule has 0 radical (unpaired) electrons. The van der Waals surface area contributed by atoms with Crippen LogP contribution in [0.3, 0.4) is 0 Å². The van der Waals surface area contributed by atoms with Crippen molar-refractivity contribution in [3.05, 3.63) is 83.4 Å². The molecule has 7 heteroatoms. The summed E-state index contributed by atoms with van der Waals surface area (Å²) in [5, 5.41) is 1.02. The van der Waals surface area contributed by atoms with Crippen LogP contribution in [0.15, 0.2) is 71.6 Å². The van der Waals surface area contributed by atoms with Gasteiger partial charge in [0.25, 0.3) is 10.0 Å². The van der Waals surface area contributed by atoms with Crippen LogP contribution in [0.4, 0.5) is 0 Å². The number of fused-ring (bicyclic) bond motifs is 2. The number of sulfonamides is 1. The number of aryl methyl sites for hydroxylation is 3. The van der Waals surface area contributed by atoms with E-state index in [9.17, 15) is 13.2 Å². The molecule has 0 saturated carbocycles. The van der Waals surface area contributed by atoms with Gasteiger partial charge in [0.2, 0.25) is 5.91 Å². The Hall–Kier alpha value is -3.58. The van der Waals surface area contributed by atoms with Crippen LogP contribution in [0.1, 0.15) is 29.5 Å². The van der Waals surface area contributed by atoms with Gasteiger partial charge in [-0.25, -0.2) is 13.1 Å². The SMILES string of the molecule is COc1ccc(-c2[nH]c3ccccc3c2CCC(=O)NS(=O)(=O)c2ccc3c(c2)CCC3)cc1. The fourth-order valence-corrected chi connectivity index (χ4v) is 5.74. The van der Waals surface area contributed by atoms with Gasteiger partial charge in [-0.3, -0.25) is 4.79 Å². The minimum atomic E-state index is -3.91. The van der Waals surface area contributed by atoms with Gasteiger partial charge in [-0.2, -0.15) is 0 Å². The maximum absolute atomic E-state index is 12.8. The van der Waals surface area contributed by atoms with Crippen LogP contribution in [0, 0.1) is 0 Å². The molecule has 0 unspecified atom stereocenters. The molecule has 0 spiro atoms. The van der Waals surface area contributed by atoms with Gasteiger partial charge in [-0.05, 0) is 90.4 Å². The molecule has 1 aliphatic carbocycles. The predicted molar refractivity (Wildman–Crippen MR) is 132 cm³/mol. The van der Waals surface area contributed by atoms with Gasteiger partial charge in [-0.1, -0.05) is 24.3 Å². The third-order valence-corrected chi connectivity index (χ3v) is 7.79. The maximum Gasteiger partial charge on any atom is 0.264 e. The lowest BCUT2D eigenvalue weighted by atomic mass is 10.0. The summed E-state index contributed by atoms with van der Waals surface area (Å²) in [5.74, 6) is 0.240. The maximum atomic E-state index is 12.8. The van der Waals surface area contributed by atoms with Crippen LogP contribution in [-0.2, 0) is 34.1 Å². The summed E-state index contributed by atoms with van der Waals surface area (Å²) in [6, 6.07) is 20.7. The Bertz CT molecular complexity index is 1470. The van der Waals surface area contributed by atoms with E-state index in [1.54, 1.807) is 19.2 Å². The van der Waals surface area contributed by atoms with Gasteiger partial charge in [-0.15, -0.1) is 0 Å². The van der Waals surface area contributed by atoms with E-state index in [1.807, 2.05) is 54.6 Å².